The Labute approximate surface area is 85.9 Å². The van der Waals surface area contributed by atoms with Crippen molar-refractivity contribution in [2.75, 3.05) is 6.54 Å². The molecule has 1 rings (SSSR count). The van der Waals surface area contributed by atoms with Gasteiger partial charge in [0.15, 0.2) is 0 Å². The van der Waals surface area contributed by atoms with Crippen molar-refractivity contribution in [1.82, 2.24) is 5.32 Å². The molecule has 0 aliphatic heterocycles. The summed E-state index contributed by atoms with van der Waals surface area (Å²) in [4.78, 5) is 10.6. The number of carboxylic acids is 1. The third-order valence-electron chi connectivity index (χ3n) is 3.27. The number of hydrogen-bond donors (Lipinski definition) is 2. The minimum absolute atomic E-state index is 0.321. The molecule has 0 aromatic heterocycles. The van der Waals surface area contributed by atoms with Crippen LogP contribution in [0.3, 0.4) is 0 Å². The second kappa shape index (κ2) is 4.78. The van der Waals surface area contributed by atoms with Crippen LogP contribution in [-0.2, 0) is 4.79 Å². The van der Waals surface area contributed by atoms with Gasteiger partial charge in [-0.2, -0.15) is 0 Å². The van der Waals surface area contributed by atoms with Gasteiger partial charge in [0.25, 0.3) is 0 Å². The monoisotopic (exact) mass is 199 g/mol. The summed E-state index contributed by atoms with van der Waals surface area (Å²) in [6.45, 7) is 4.79. The molecule has 0 radical (unpaired) electrons. The highest BCUT2D eigenvalue weighted by atomic mass is 16.4. The molecule has 3 nitrogen and oxygen atoms in total. The third kappa shape index (κ3) is 3.29. The van der Waals surface area contributed by atoms with E-state index in [1.165, 1.54) is 32.1 Å². The van der Waals surface area contributed by atoms with Gasteiger partial charge in [-0.1, -0.05) is 26.2 Å². The summed E-state index contributed by atoms with van der Waals surface area (Å²) in [5.41, 5.74) is 0.321. The molecule has 1 fully saturated rings. The van der Waals surface area contributed by atoms with Gasteiger partial charge in [0, 0.05) is 6.54 Å². The maximum absolute atomic E-state index is 10.6. The average molecular weight is 199 g/mol. The van der Waals surface area contributed by atoms with Crippen LogP contribution in [0.15, 0.2) is 0 Å². The van der Waals surface area contributed by atoms with Crippen LogP contribution < -0.4 is 5.32 Å². The SMILES string of the molecule is CC(NCC1(C)CCCCC1)C(=O)O. The fraction of sp³-hybridized carbons (Fsp3) is 0.909. The Hall–Kier alpha value is -0.570. The van der Waals surface area contributed by atoms with Gasteiger partial charge < -0.3 is 10.4 Å². The lowest BCUT2D eigenvalue weighted by molar-refractivity contribution is -0.139. The minimum atomic E-state index is -0.760. The fourth-order valence-corrected chi connectivity index (χ4v) is 2.07. The van der Waals surface area contributed by atoms with E-state index in [0.29, 0.717) is 5.41 Å². The Bertz CT molecular complexity index is 197. The molecular weight excluding hydrogens is 178 g/mol. The van der Waals surface area contributed by atoms with Crippen LogP contribution in [0.25, 0.3) is 0 Å². The molecule has 1 unspecified atom stereocenters. The molecule has 82 valence electrons. The number of rotatable bonds is 4. The average Bonchev–Trinajstić information content (AvgIpc) is 2.15. The van der Waals surface area contributed by atoms with E-state index in [1.54, 1.807) is 6.92 Å². The molecule has 0 bridgehead atoms. The maximum Gasteiger partial charge on any atom is 0.320 e. The lowest BCUT2D eigenvalue weighted by atomic mass is 9.75. The van der Waals surface area contributed by atoms with E-state index in [-0.39, 0.29) is 0 Å². The van der Waals surface area contributed by atoms with E-state index in [4.69, 9.17) is 5.11 Å². The van der Waals surface area contributed by atoms with Crippen LogP contribution in [0.4, 0.5) is 0 Å². The van der Waals surface area contributed by atoms with Gasteiger partial charge in [-0.3, -0.25) is 4.79 Å². The molecule has 0 aromatic rings. The summed E-state index contributed by atoms with van der Waals surface area (Å²) in [5, 5.41) is 11.8. The van der Waals surface area contributed by atoms with Crippen LogP contribution >= 0.6 is 0 Å². The normalized spacial score (nSPS) is 23.0. The van der Waals surface area contributed by atoms with Crippen molar-refractivity contribution in [2.24, 2.45) is 5.41 Å². The summed E-state index contributed by atoms with van der Waals surface area (Å²) in [7, 11) is 0. The highest BCUT2D eigenvalue weighted by Crippen LogP contribution is 2.34. The predicted molar refractivity (Wildman–Crippen MR) is 56.3 cm³/mol. The highest BCUT2D eigenvalue weighted by Gasteiger charge is 2.27. The molecule has 0 amide bonds. The molecule has 1 aliphatic rings. The minimum Gasteiger partial charge on any atom is -0.480 e. The molecule has 0 saturated heterocycles. The van der Waals surface area contributed by atoms with E-state index in [1.807, 2.05) is 0 Å². The summed E-state index contributed by atoms with van der Waals surface area (Å²) in [5.74, 6) is -0.760. The number of nitrogens with one attached hydrogen (secondary N) is 1. The quantitative estimate of drug-likeness (QED) is 0.728. The molecule has 1 saturated carbocycles. The van der Waals surface area contributed by atoms with E-state index < -0.39 is 12.0 Å². The number of carboxylic acid groups (broad SMARTS) is 1. The summed E-state index contributed by atoms with van der Waals surface area (Å²) >= 11 is 0. The Morgan fingerprint density at radius 2 is 2.00 bits per heavy atom. The van der Waals surface area contributed by atoms with Crippen molar-refractivity contribution in [3.05, 3.63) is 0 Å². The second-order valence-corrected chi connectivity index (χ2v) is 4.81. The van der Waals surface area contributed by atoms with E-state index in [0.717, 1.165) is 6.54 Å². The first-order chi connectivity index (χ1) is 6.53. The van der Waals surface area contributed by atoms with Crippen LogP contribution in [0, 0.1) is 5.41 Å². The van der Waals surface area contributed by atoms with Crippen molar-refractivity contribution in [3.63, 3.8) is 0 Å². The topological polar surface area (TPSA) is 49.3 Å². The Morgan fingerprint density at radius 3 is 2.50 bits per heavy atom. The first kappa shape index (κ1) is 11.5. The fourth-order valence-electron chi connectivity index (χ4n) is 2.07. The molecule has 2 N–H and O–H groups in total. The summed E-state index contributed by atoms with van der Waals surface area (Å²) < 4.78 is 0. The zero-order valence-electron chi connectivity index (χ0n) is 9.18. The van der Waals surface area contributed by atoms with Crippen molar-refractivity contribution in [1.29, 1.82) is 0 Å². The summed E-state index contributed by atoms with van der Waals surface area (Å²) in [6.07, 6.45) is 6.38. The lowest BCUT2D eigenvalue weighted by Gasteiger charge is -2.34. The van der Waals surface area contributed by atoms with E-state index >= 15 is 0 Å². The van der Waals surface area contributed by atoms with Crippen LogP contribution in [0.2, 0.25) is 0 Å². The first-order valence-electron chi connectivity index (χ1n) is 5.50. The zero-order chi connectivity index (χ0) is 10.6. The Balaban J connectivity index is 2.31. The Morgan fingerprint density at radius 1 is 1.43 bits per heavy atom. The van der Waals surface area contributed by atoms with Crippen LogP contribution in [-0.4, -0.2) is 23.7 Å². The Kier molecular flexibility index (Phi) is 3.93. The zero-order valence-corrected chi connectivity index (χ0v) is 9.18. The third-order valence-corrected chi connectivity index (χ3v) is 3.27. The van der Waals surface area contributed by atoms with Crippen molar-refractivity contribution in [3.8, 4) is 0 Å². The number of aliphatic carboxylic acids is 1. The highest BCUT2D eigenvalue weighted by molar-refractivity contribution is 5.72. The molecule has 14 heavy (non-hydrogen) atoms. The standard InChI is InChI=1S/C11H21NO2/c1-9(10(13)14)12-8-11(2)6-4-3-5-7-11/h9,12H,3-8H2,1-2H3,(H,13,14). The largest absolute Gasteiger partial charge is 0.480 e. The molecule has 0 aromatic carbocycles. The smallest absolute Gasteiger partial charge is 0.320 e. The van der Waals surface area contributed by atoms with Crippen molar-refractivity contribution < 1.29 is 9.90 Å². The first-order valence-corrected chi connectivity index (χ1v) is 5.50. The predicted octanol–water partition coefficient (Wildman–Crippen LogP) is 2.02. The van der Waals surface area contributed by atoms with Gasteiger partial charge in [0.05, 0.1) is 0 Å². The second-order valence-electron chi connectivity index (χ2n) is 4.81. The molecule has 0 heterocycles. The van der Waals surface area contributed by atoms with Crippen LogP contribution in [0.1, 0.15) is 46.0 Å². The van der Waals surface area contributed by atoms with Gasteiger partial charge in [0.1, 0.15) is 6.04 Å². The molecule has 1 aliphatic carbocycles. The summed E-state index contributed by atoms with van der Waals surface area (Å²) in [6, 6.07) is -0.422. The number of hydrogen-bond acceptors (Lipinski definition) is 2. The van der Waals surface area contributed by atoms with Crippen molar-refractivity contribution >= 4 is 5.97 Å². The van der Waals surface area contributed by atoms with Gasteiger partial charge >= 0.3 is 5.97 Å². The van der Waals surface area contributed by atoms with E-state index in [2.05, 4.69) is 12.2 Å². The van der Waals surface area contributed by atoms with Crippen LogP contribution in [0.5, 0.6) is 0 Å². The maximum atomic E-state index is 10.6. The lowest BCUT2D eigenvalue weighted by Crippen LogP contribution is -2.41. The van der Waals surface area contributed by atoms with Gasteiger partial charge in [-0.15, -0.1) is 0 Å². The molecular formula is C11H21NO2. The van der Waals surface area contributed by atoms with Gasteiger partial charge in [-0.05, 0) is 25.2 Å². The van der Waals surface area contributed by atoms with Gasteiger partial charge in [-0.25, -0.2) is 0 Å². The van der Waals surface area contributed by atoms with E-state index in [9.17, 15) is 4.79 Å². The van der Waals surface area contributed by atoms with Crippen molar-refractivity contribution in [2.45, 2.75) is 52.0 Å². The number of carbonyl (C=O) groups is 1. The molecule has 0 spiro atoms. The molecule has 3 heteroatoms. The van der Waals surface area contributed by atoms with Gasteiger partial charge in [0.2, 0.25) is 0 Å². The molecule has 1 atom stereocenters.